The molecule has 0 spiro atoms. The van der Waals surface area contributed by atoms with Gasteiger partial charge in [-0.25, -0.2) is 9.48 Å². The fourth-order valence-electron chi connectivity index (χ4n) is 2.27. The van der Waals surface area contributed by atoms with Crippen LogP contribution in [0.2, 0.25) is 0 Å². The molecular weight excluding hydrogens is 388 g/mol. The molecule has 1 aromatic heterocycles. The van der Waals surface area contributed by atoms with Crippen LogP contribution < -0.4 is 4.74 Å². The van der Waals surface area contributed by atoms with E-state index in [1.54, 1.807) is 36.7 Å². The van der Waals surface area contributed by atoms with Crippen LogP contribution >= 0.6 is 15.9 Å². The third kappa shape index (κ3) is 3.92. The van der Waals surface area contributed by atoms with Crippen molar-refractivity contribution in [2.75, 3.05) is 6.61 Å². The van der Waals surface area contributed by atoms with Crippen LogP contribution in [0.1, 0.15) is 54.1 Å². The van der Waals surface area contributed by atoms with Gasteiger partial charge in [-0.3, -0.25) is 4.79 Å². The van der Waals surface area contributed by atoms with E-state index >= 15 is 0 Å². The lowest BCUT2D eigenvalue weighted by Gasteiger charge is -2.22. The van der Waals surface area contributed by atoms with Crippen molar-refractivity contribution in [2.24, 2.45) is 0 Å². The van der Waals surface area contributed by atoms with Crippen LogP contribution in [0.15, 0.2) is 22.7 Å². The third-order valence-electron chi connectivity index (χ3n) is 3.51. The quantitative estimate of drug-likeness (QED) is 0.538. The number of esters is 1. The second-order valence-corrected chi connectivity index (χ2v) is 7.31. The molecular formula is C18H21BrN2O4. The van der Waals surface area contributed by atoms with Crippen LogP contribution in [0.5, 0.6) is 11.6 Å². The van der Waals surface area contributed by atoms with Gasteiger partial charge in [-0.1, -0.05) is 6.07 Å². The first kappa shape index (κ1) is 19.2. The van der Waals surface area contributed by atoms with E-state index in [0.717, 1.165) is 6.29 Å². The van der Waals surface area contributed by atoms with E-state index in [9.17, 15) is 9.59 Å². The number of aromatic nitrogens is 2. The van der Waals surface area contributed by atoms with Gasteiger partial charge >= 0.3 is 5.97 Å². The van der Waals surface area contributed by atoms with Crippen molar-refractivity contribution in [2.45, 2.75) is 40.2 Å². The van der Waals surface area contributed by atoms with E-state index in [-0.39, 0.29) is 12.3 Å². The smallest absolute Gasteiger partial charge is 0.359 e. The molecule has 0 bridgehead atoms. The van der Waals surface area contributed by atoms with E-state index in [1.165, 1.54) is 0 Å². The summed E-state index contributed by atoms with van der Waals surface area (Å²) >= 11 is 3.34. The normalized spacial score (nSPS) is 11.3. The summed E-state index contributed by atoms with van der Waals surface area (Å²) < 4.78 is 13.3. The molecule has 134 valence electrons. The Morgan fingerprint density at radius 3 is 2.60 bits per heavy atom. The van der Waals surface area contributed by atoms with Crippen LogP contribution in [-0.2, 0) is 10.3 Å². The highest BCUT2D eigenvalue weighted by Gasteiger charge is 2.28. The number of aldehydes is 1. The van der Waals surface area contributed by atoms with Crippen molar-refractivity contribution in [3.05, 3.63) is 39.5 Å². The monoisotopic (exact) mass is 408 g/mol. The number of carbonyl (C=O) groups excluding carboxylic acids is 2. The topological polar surface area (TPSA) is 70.4 Å². The summed E-state index contributed by atoms with van der Waals surface area (Å²) in [5.74, 6) is 0.280. The minimum atomic E-state index is -0.502. The summed E-state index contributed by atoms with van der Waals surface area (Å²) in [6.45, 7) is 9.59. The van der Waals surface area contributed by atoms with Gasteiger partial charge in [0.05, 0.1) is 17.7 Å². The van der Waals surface area contributed by atoms with Gasteiger partial charge in [0, 0.05) is 10.0 Å². The van der Waals surface area contributed by atoms with Crippen molar-refractivity contribution in [1.29, 1.82) is 0 Å². The number of hydrogen-bond acceptors (Lipinski definition) is 5. The predicted molar refractivity (Wildman–Crippen MR) is 97.5 cm³/mol. The fraction of sp³-hybridized carbons (Fsp3) is 0.389. The third-order valence-corrected chi connectivity index (χ3v) is 4.20. The molecule has 6 nitrogen and oxygen atoms in total. The number of nitrogens with zero attached hydrogens (tertiary/aromatic N) is 2. The van der Waals surface area contributed by atoms with Crippen molar-refractivity contribution in [1.82, 2.24) is 9.78 Å². The Morgan fingerprint density at radius 2 is 2.04 bits per heavy atom. The van der Waals surface area contributed by atoms with E-state index in [2.05, 4.69) is 21.0 Å². The SMILES string of the molecule is CCOC(=O)c1nn(C(C)(C)C)c(Oc2cccc(Br)c2C=O)c1C. The Morgan fingerprint density at radius 1 is 1.36 bits per heavy atom. The summed E-state index contributed by atoms with van der Waals surface area (Å²) in [6.07, 6.45) is 0.721. The van der Waals surface area contributed by atoms with Gasteiger partial charge in [0.1, 0.15) is 5.75 Å². The Balaban J connectivity index is 2.59. The Labute approximate surface area is 155 Å². The Hall–Kier alpha value is -2.15. The van der Waals surface area contributed by atoms with Gasteiger partial charge in [0.2, 0.25) is 5.88 Å². The highest BCUT2D eigenvalue weighted by Crippen LogP contribution is 2.35. The molecule has 1 aromatic carbocycles. The summed E-state index contributed by atoms with van der Waals surface area (Å²) in [5, 5.41) is 4.39. The second-order valence-electron chi connectivity index (χ2n) is 6.45. The Kier molecular flexibility index (Phi) is 5.67. The van der Waals surface area contributed by atoms with Gasteiger partial charge < -0.3 is 9.47 Å². The van der Waals surface area contributed by atoms with Crippen LogP contribution in [0.4, 0.5) is 0 Å². The van der Waals surface area contributed by atoms with Crippen molar-refractivity contribution >= 4 is 28.2 Å². The Bertz CT molecular complexity index is 806. The largest absolute Gasteiger partial charge is 0.461 e. The molecule has 0 N–H and O–H groups in total. The molecule has 0 atom stereocenters. The van der Waals surface area contributed by atoms with E-state index in [1.807, 2.05) is 20.8 Å². The predicted octanol–water partition coefficient (Wildman–Crippen LogP) is 4.49. The lowest BCUT2D eigenvalue weighted by atomic mass is 10.1. The number of ether oxygens (including phenoxy) is 2. The highest BCUT2D eigenvalue weighted by atomic mass is 79.9. The van der Waals surface area contributed by atoms with Crippen molar-refractivity contribution in [3.63, 3.8) is 0 Å². The summed E-state index contributed by atoms with van der Waals surface area (Å²) in [6, 6.07) is 5.22. The molecule has 0 radical (unpaired) electrons. The first-order valence-electron chi connectivity index (χ1n) is 7.89. The zero-order chi connectivity index (χ0) is 18.8. The van der Waals surface area contributed by atoms with Gasteiger partial charge in [0.15, 0.2) is 12.0 Å². The van der Waals surface area contributed by atoms with Crippen LogP contribution in [0.3, 0.4) is 0 Å². The average Bonchev–Trinajstić information content (AvgIpc) is 2.85. The molecule has 0 unspecified atom stereocenters. The molecule has 1 heterocycles. The molecule has 0 aliphatic rings. The van der Waals surface area contributed by atoms with Gasteiger partial charge in [-0.05, 0) is 62.7 Å². The first-order chi connectivity index (χ1) is 11.7. The minimum absolute atomic E-state index is 0.203. The average molecular weight is 409 g/mol. The van der Waals surface area contributed by atoms with Crippen LogP contribution in [0.25, 0.3) is 0 Å². The molecule has 0 saturated heterocycles. The zero-order valence-corrected chi connectivity index (χ0v) is 16.5. The minimum Gasteiger partial charge on any atom is -0.461 e. The molecule has 0 amide bonds. The summed E-state index contributed by atoms with van der Waals surface area (Å²) in [5.41, 5.74) is 0.721. The van der Waals surface area contributed by atoms with Gasteiger partial charge in [-0.2, -0.15) is 5.10 Å². The van der Waals surface area contributed by atoms with E-state index in [0.29, 0.717) is 27.2 Å². The molecule has 7 heteroatoms. The van der Waals surface area contributed by atoms with Crippen LogP contribution in [-0.4, -0.2) is 28.6 Å². The maximum atomic E-state index is 12.2. The number of benzene rings is 1. The maximum Gasteiger partial charge on any atom is 0.359 e. The molecule has 0 saturated carbocycles. The standard InChI is InChI=1S/C18H21BrN2O4/c1-6-24-17(23)15-11(2)16(21(20-15)18(3,4)5)25-14-9-7-8-13(19)12(14)10-22/h7-10H,6H2,1-5H3. The molecule has 2 aromatic rings. The van der Waals surface area contributed by atoms with Crippen molar-refractivity contribution < 1.29 is 19.1 Å². The second kappa shape index (κ2) is 7.39. The number of halogens is 1. The summed E-state index contributed by atoms with van der Waals surface area (Å²) in [7, 11) is 0. The molecule has 25 heavy (non-hydrogen) atoms. The number of carbonyl (C=O) groups is 2. The highest BCUT2D eigenvalue weighted by molar-refractivity contribution is 9.10. The number of rotatable bonds is 5. The molecule has 2 rings (SSSR count). The number of hydrogen-bond donors (Lipinski definition) is 0. The van der Waals surface area contributed by atoms with Gasteiger partial charge in [0.25, 0.3) is 0 Å². The lowest BCUT2D eigenvalue weighted by Crippen LogP contribution is -2.24. The summed E-state index contributed by atoms with van der Waals surface area (Å²) in [4.78, 5) is 23.6. The van der Waals surface area contributed by atoms with Crippen molar-refractivity contribution in [3.8, 4) is 11.6 Å². The molecule has 0 fully saturated rings. The van der Waals surface area contributed by atoms with E-state index < -0.39 is 11.5 Å². The lowest BCUT2D eigenvalue weighted by molar-refractivity contribution is 0.0516. The molecule has 0 aliphatic carbocycles. The zero-order valence-electron chi connectivity index (χ0n) is 14.9. The fourth-order valence-corrected chi connectivity index (χ4v) is 2.71. The maximum absolute atomic E-state index is 12.2. The van der Waals surface area contributed by atoms with Gasteiger partial charge in [-0.15, -0.1) is 0 Å². The molecule has 0 aliphatic heterocycles. The first-order valence-corrected chi connectivity index (χ1v) is 8.68. The van der Waals surface area contributed by atoms with E-state index in [4.69, 9.17) is 9.47 Å². The van der Waals surface area contributed by atoms with Crippen LogP contribution in [0, 0.1) is 6.92 Å².